The standard InChI is InChI=1S/C60H37N3O4/c64-57-30-32-66-59-28-24-45(36-51(57)59)62-53-12-6-4-10-47(53)49-34-43(22-26-55(49)62)61(42-20-18-41(19-21-42)40-16-14-39(15-17-40)38-8-2-1-3-9-38)44-23-27-56-50(35-44)48-11-5-7-13-54(48)63(56)46-25-29-60-52(37-46)58(65)31-33-67-60/h1-37H. The van der Waals surface area contributed by atoms with E-state index in [2.05, 4.69) is 172 Å². The predicted octanol–water partition coefficient (Wildman–Crippen LogP) is 14.9. The van der Waals surface area contributed by atoms with Crippen molar-refractivity contribution in [2.75, 3.05) is 4.90 Å². The van der Waals surface area contributed by atoms with Crippen LogP contribution in [0.3, 0.4) is 0 Å². The Hall–Kier alpha value is -9.20. The summed E-state index contributed by atoms with van der Waals surface area (Å²) < 4.78 is 15.8. The number of rotatable bonds is 7. The monoisotopic (exact) mass is 863 g/mol. The van der Waals surface area contributed by atoms with Crippen molar-refractivity contribution in [1.29, 1.82) is 0 Å². The molecule has 0 aliphatic rings. The minimum atomic E-state index is -0.0816. The molecule has 0 saturated carbocycles. The second-order valence-electron chi connectivity index (χ2n) is 16.9. The van der Waals surface area contributed by atoms with Gasteiger partial charge in [0.15, 0.2) is 10.9 Å². The number of fused-ring (bicyclic) bond motifs is 8. The van der Waals surface area contributed by atoms with Crippen molar-refractivity contribution >= 4 is 82.6 Å². The highest BCUT2D eigenvalue weighted by Crippen LogP contribution is 2.43. The Morgan fingerprint density at radius 3 is 1.21 bits per heavy atom. The van der Waals surface area contributed by atoms with Crippen molar-refractivity contribution in [3.05, 3.63) is 245 Å². The summed E-state index contributed by atoms with van der Waals surface area (Å²) in [6, 6.07) is 72.6. The maximum Gasteiger partial charge on any atom is 0.192 e. The van der Waals surface area contributed by atoms with Gasteiger partial charge in [-0.3, -0.25) is 9.59 Å². The van der Waals surface area contributed by atoms with Crippen LogP contribution in [0.5, 0.6) is 0 Å². The Morgan fingerprint density at radius 1 is 0.313 bits per heavy atom. The average molecular weight is 864 g/mol. The first-order valence-corrected chi connectivity index (χ1v) is 22.2. The quantitative estimate of drug-likeness (QED) is 0.160. The molecule has 13 rings (SSSR count). The molecule has 0 spiro atoms. The van der Waals surface area contributed by atoms with Crippen molar-refractivity contribution in [2.24, 2.45) is 0 Å². The van der Waals surface area contributed by atoms with Gasteiger partial charge in [-0.15, -0.1) is 0 Å². The fourth-order valence-electron chi connectivity index (χ4n) is 9.91. The smallest absolute Gasteiger partial charge is 0.192 e. The fourth-order valence-corrected chi connectivity index (χ4v) is 9.91. The Bertz CT molecular complexity index is 3990. The summed E-state index contributed by atoms with van der Waals surface area (Å²) in [6.45, 7) is 0. The molecule has 7 heteroatoms. The first-order valence-electron chi connectivity index (χ1n) is 22.2. The molecule has 0 aliphatic heterocycles. The van der Waals surface area contributed by atoms with Crippen molar-refractivity contribution < 1.29 is 8.83 Å². The molecule has 4 aromatic heterocycles. The molecule has 4 heterocycles. The number of para-hydroxylation sites is 2. The minimum Gasteiger partial charge on any atom is -0.464 e. The lowest BCUT2D eigenvalue weighted by Gasteiger charge is -2.26. The van der Waals surface area contributed by atoms with Gasteiger partial charge in [-0.05, 0) is 119 Å². The van der Waals surface area contributed by atoms with E-state index in [-0.39, 0.29) is 10.9 Å². The molecule has 0 radical (unpaired) electrons. The molecule has 7 nitrogen and oxygen atoms in total. The molecule has 0 atom stereocenters. The van der Waals surface area contributed by atoms with E-state index in [4.69, 9.17) is 8.83 Å². The molecular formula is C60H37N3O4. The third-order valence-corrected chi connectivity index (χ3v) is 13.1. The Morgan fingerprint density at radius 2 is 0.716 bits per heavy atom. The maximum atomic E-state index is 13.0. The molecule has 0 amide bonds. The van der Waals surface area contributed by atoms with Crippen molar-refractivity contribution in [3.8, 4) is 33.6 Å². The zero-order chi connectivity index (χ0) is 44.6. The minimum absolute atomic E-state index is 0.0816. The van der Waals surface area contributed by atoms with E-state index in [9.17, 15) is 9.59 Å². The molecule has 0 saturated heterocycles. The van der Waals surface area contributed by atoms with Gasteiger partial charge in [-0.2, -0.15) is 0 Å². The van der Waals surface area contributed by atoms with Crippen LogP contribution >= 0.6 is 0 Å². The Labute approximate surface area is 382 Å². The summed E-state index contributed by atoms with van der Waals surface area (Å²) in [4.78, 5) is 28.3. The van der Waals surface area contributed by atoms with Gasteiger partial charge in [0.05, 0.1) is 45.4 Å². The summed E-state index contributed by atoms with van der Waals surface area (Å²) in [5.41, 5.74) is 14.4. The van der Waals surface area contributed by atoms with Gasteiger partial charge in [0.1, 0.15) is 11.2 Å². The van der Waals surface area contributed by atoms with E-state index in [1.54, 1.807) is 0 Å². The topological polar surface area (TPSA) is 73.5 Å². The molecule has 0 bridgehead atoms. The molecule has 9 aromatic carbocycles. The molecule has 0 unspecified atom stereocenters. The molecule has 67 heavy (non-hydrogen) atoms. The van der Waals surface area contributed by atoms with Crippen LogP contribution in [0.1, 0.15) is 0 Å². The Kier molecular flexibility index (Phi) is 8.69. The van der Waals surface area contributed by atoms with Crippen LogP contribution in [-0.2, 0) is 0 Å². The van der Waals surface area contributed by atoms with Crippen LogP contribution < -0.4 is 15.8 Å². The van der Waals surface area contributed by atoms with Gasteiger partial charge in [0.25, 0.3) is 0 Å². The first-order chi connectivity index (χ1) is 33.0. The van der Waals surface area contributed by atoms with Gasteiger partial charge in [-0.1, -0.05) is 103 Å². The highest BCUT2D eigenvalue weighted by Gasteiger charge is 2.21. The summed E-state index contributed by atoms with van der Waals surface area (Å²) in [6.07, 6.45) is 2.88. The molecule has 13 aromatic rings. The average Bonchev–Trinajstić information content (AvgIpc) is 3.89. The van der Waals surface area contributed by atoms with Crippen LogP contribution in [0.15, 0.2) is 243 Å². The fraction of sp³-hybridized carbons (Fsp3) is 0. The van der Waals surface area contributed by atoms with E-state index in [0.717, 1.165) is 83.2 Å². The SMILES string of the molecule is O=c1ccoc2ccc(-n3c4ccccc4c4cc(N(c5ccc(-c6ccc(-c7ccccc7)cc6)cc5)c5ccc6c(c5)c5ccccc5n6-c5ccc6occc(=O)c6c5)ccc43)cc12. The number of hydrogen-bond donors (Lipinski definition) is 0. The van der Waals surface area contributed by atoms with Gasteiger partial charge >= 0.3 is 0 Å². The van der Waals surface area contributed by atoms with E-state index in [0.29, 0.717) is 21.9 Å². The van der Waals surface area contributed by atoms with E-state index >= 15 is 0 Å². The lowest BCUT2D eigenvalue weighted by Crippen LogP contribution is -2.10. The summed E-state index contributed by atoms with van der Waals surface area (Å²) >= 11 is 0. The number of hydrogen-bond acceptors (Lipinski definition) is 5. The third-order valence-electron chi connectivity index (χ3n) is 13.1. The molecule has 0 fully saturated rings. The number of anilines is 3. The van der Waals surface area contributed by atoms with Crippen LogP contribution in [0, 0.1) is 0 Å². The second-order valence-corrected chi connectivity index (χ2v) is 16.9. The zero-order valence-corrected chi connectivity index (χ0v) is 35.8. The van der Waals surface area contributed by atoms with Crippen LogP contribution in [0.2, 0.25) is 0 Å². The normalized spacial score (nSPS) is 11.7. The van der Waals surface area contributed by atoms with Gasteiger partial charge in [-0.25, -0.2) is 0 Å². The molecule has 0 aliphatic carbocycles. The van der Waals surface area contributed by atoms with Gasteiger partial charge in [0, 0.05) is 62.1 Å². The summed E-state index contributed by atoms with van der Waals surface area (Å²) in [7, 11) is 0. The number of benzene rings is 9. The lowest BCUT2D eigenvalue weighted by molar-refractivity contribution is 0.602. The van der Waals surface area contributed by atoms with Gasteiger partial charge in [0.2, 0.25) is 0 Å². The van der Waals surface area contributed by atoms with E-state index in [1.807, 2.05) is 42.5 Å². The molecular weight excluding hydrogens is 827 g/mol. The second kappa shape index (κ2) is 15.2. The van der Waals surface area contributed by atoms with Crippen LogP contribution in [0.4, 0.5) is 17.1 Å². The van der Waals surface area contributed by atoms with Crippen molar-refractivity contribution in [2.45, 2.75) is 0 Å². The highest BCUT2D eigenvalue weighted by molar-refractivity contribution is 6.13. The number of aromatic nitrogens is 2. The van der Waals surface area contributed by atoms with Crippen molar-refractivity contribution in [1.82, 2.24) is 9.13 Å². The van der Waals surface area contributed by atoms with Gasteiger partial charge < -0.3 is 22.9 Å². The molecule has 0 N–H and O–H groups in total. The largest absolute Gasteiger partial charge is 0.464 e. The Balaban J connectivity index is 0.988. The molecule has 316 valence electrons. The van der Waals surface area contributed by atoms with Crippen LogP contribution in [-0.4, -0.2) is 9.13 Å². The van der Waals surface area contributed by atoms with E-state index in [1.165, 1.54) is 35.8 Å². The summed E-state index contributed by atoms with van der Waals surface area (Å²) in [5.74, 6) is 0. The van der Waals surface area contributed by atoms with Crippen molar-refractivity contribution in [3.63, 3.8) is 0 Å². The maximum absolute atomic E-state index is 13.0. The predicted molar refractivity (Wildman–Crippen MR) is 273 cm³/mol. The zero-order valence-electron chi connectivity index (χ0n) is 35.8. The highest BCUT2D eigenvalue weighted by atomic mass is 16.3. The lowest BCUT2D eigenvalue weighted by atomic mass is 10.00. The third kappa shape index (κ3) is 6.28. The summed E-state index contributed by atoms with van der Waals surface area (Å²) in [5, 5.41) is 5.41. The number of nitrogens with zero attached hydrogens (tertiary/aromatic N) is 3. The van der Waals surface area contributed by atoms with E-state index < -0.39 is 0 Å². The first kappa shape index (κ1) is 38.3. The van der Waals surface area contributed by atoms with Crippen LogP contribution in [0.25, 0.3) is 99.2 Å².